The molecule has 6 heteroatoms. The van der Waals surface area contributed by atoms with Crippen molar-refractivity contribution in [1.29, 1.82) is 0 Å². The molecule has 1 aliphatic rings. The second kappa shape index (κ2) is 8.87. The van der Waals surface area contributed by atoms with Crippen molar-refractivity contribution in [3.8, 4) is 0 Å². The van der Waals surface area contributed by atoms with E-state index in [1.807, 2.05) is 18.2 Å². The summed E-state index contributed by atoms with van der Waals surface area (Å²) >= 11 is 3.04. The molecule has 0 bridgehead atoms. The Morgan fingerprint density at radius 2 is 1.62 bits per heavy atom. The standard InChI is InChI=1S/C20H16FNO2S2/c21-15-9-6-14(7-10-15)8-11-17(23)18(20-25-12-13-26-20)19(24)22-16-4-2-1-3-5-16/h1-11H,12-13H2,(H,22,24)/b11-8+. The van der Waals surface area contributed by atoms with E-state index >= 15 is 0 Å². The molecule has 1 N–H and O–H groups in total. The number of ketones is 1. The van der Waals surface area contributed by atoms with Gasteiger partial charge in [0.15, 0.2) is 5.78 Å². The maximum Gasteiger partial charge on any atom is 0.261 e. The molecule has 132 valence electrons. The number of hydrogen-bond donors (Lipinski definition) is 1. The predicted molar refractivity (Wildman–Crippen MR) is 107 cm³/mol. The summed E-state index contributed by atoms with van der Waals surface area (Å²) in [4.78, 5) is 25.4. The average Bonchev–Trinajstić information content (AvgIpc) is 3.16. The fourth-order valence-corrected chi connectivity index (χ4v) is 4.85. The summed E-state index contributed by atoms with van der Waals surface area (Å²) in [7, 11) is 0. The molecular formula is C20H16FNO2S2. The van der Waals surface area contributed by atoms with E-state index in [-0.39, 0.29) is 17.2 Å². The van der Waals surface area contributed by atoms with Crippen molar-refractivity contribution in [1.82, 2.24) is 0 Å². The van der Waals surface area contributed by atoms with E-state index in [9.17, 15) is 14.0 Å². The van der Waals surface area contributed by atoms with Crippen molar-refractivity contribution < 1.29 is 14.0 Å². The number of thioether (sulfide) groups is 2. The molecule has 0 aliphatic carbocycles. The number of benzene rings is 2. The van der Waals surface area contributed by atoms with Gasteiger partial charge in [-0.1, -0.05) is 36.4 Å². The molecule has 0 unspecified atom stereocenters. The molecule has 1 fully saturated rings. The van der Waals surface area contributed by atoms with Crippen molar-refractivity contribution in [3.05, 3.63) is 81.9 Å². The summed E-state index contributed by atoms with van der Waals surface area (Å²) < 4.78 is 13.7. The number of nitrogens with one attached hydrogen (secondary N) is 1. The van der Waals surface area contributed by atoms with Crippen molar-refractivity contribution in [2.45, 2.75) is 0 Å². The summed E-state index contributed by atoms with van der Waals surface area (Å²) in [5, 5.41) is 2.78. The van der Waals surface area contributed by atoms with Gasteiger partial charge in [-0.05, 0) is 35.9 Å². The third kappa shape index (κ3) is 4.86. The molecule has 0 aromatic heterocycles. The molecule has 2 aromatic carbocycles. The van der Waals surface area contributed by atoms with Gasteiger partial charge < -0.3 is 5.32 Å². The van der Waals surface area contributed by atoms with Crippen LogP contribution in [-0.4, -0.2) is 23.2 Å². The molecule has 1 amide bonds. The molecule has 0 atom stereocenters. The Bertz CT molecular complexity index is 853. The lowest BCUT2D eigenvalue weighted by molar-refractivity contribution is -0.117. The molecule has 1 heterocycles. The zero-order valence-electron chi connectivity index (χ0n) is 13.8. The maximum absolute atomic E-state index is 13.0. The van der Waals surface area contributed by atoms with E-state index in [0.29, 0.717) is 11.3 Å². The van der Waals surface area contributed by atoms with Gasteiger partial charge in [0, 0.05) is 17.2 Å². The first kappa shape index (κ1) is 18.5. The first-order valence-corrected chi connectivity index (χ1v) is 9.95. The minimum Gasteiger partial charge on any atom is -0.322 e. The SMILES string of the molecule is O=C(/C=C/c1ccc(F)cc1)C(C(=O)Nc1ccccc1)=C1SCCS1. The van der Waals surface area contributed by atoms with Crippen molar-refractivity contribution >= 4 is 47.0 Å². The highest BCUT2D eigenvalue weighted by atomic mass is 32.2. The molecule has 3 nitrogen and oxygen atoms in total. The predicted octanol–water partition coefficient (Wildman–Crippen LogP) is 4.74. The first-order valence-electron chi connectivity index (χ1n) is 7.98. The largest absolute Gasteiger partial charge is 0.322 e. The summed E-state index contributed by atoms with van der Waals surface area (Å²) in [6, 6.07) is 14.8. The van der Waals surface area contributed by atoms with E-state index in [2.05, 4.69) is 5.32 Å². The van der Waals surface area contributed by atoms with Crippen molar-refractivity contribution in [2.75, 3.05) is 16.8 Å². The van der Waals surface area contributed by atoms with Crippen LogP contribution in [0.3, 0.4) is 0 Å². The van der Waals surface area contributed by atoms with Crippen LogP contribution in [-0.2, 0) is 9.59 Å². The minimum absolute atomic E-state index is 0.153. The summed E-state index contributed by atoms with van der Waals surface area (Å²) in [5.41, 5.74) is 1.48. The fraction of sp³-hybridized carbons (Fsp3) is 0.100. The molecule has 0 spiro atoms. The minimum atomic E-state index is -0.415. The van der Waals surface area contributed by atoms with E-state index < -0.39 is 5.91 Å². The molecule has 0 radical (unpaired) electrons. The highest BCUT2D eigenvalue weighted by molar-refractivity contribution is 8.25. The van der Waals surface area contributed by atoms with Gasteiger partial charge in [0.25, 0.3) is 5.91 Å². The molecule has 3 rings (SSSR count). The topological polar surface area (TPSA) is 46.2 Å². The van der Waals surface area contributed by atoms with Crippen LogP contribution in [0.25, 0.3) is 6.08 Å². The van der Waals surface area contributed by atoms with Gasteiger partial charge in [-0.25, -0.2) is 4.39 Å². The van der Waals surface area contributed by atoms with E-state index in [1.54, 1.807) is 30.3 Å². The number of halogens is 1. The number of carbonyl (C=O) groups excluding carboxylic acids is 2. The smallest absolute Gasteiger partial charge is 0.261 e. The molecule has 26 heavy (non-hydrogen) atoms. The van der Waals surface area contributed by atoms with Gasteiger partial charge in [0.2, 0.25) is 0 Å². The van der Waals surface area contributed by atoms with Crippen LogP contribution < -0.4 is 5.32 Å². The van der Waals surface area contributed by atoms with Crippen LogP contribution in [0.5, 0.6) is 0 Å². The van der Waals surface area contributed by atoms with Gasteiger partial charge in [-0.15, -0.1) is 23.5 Å². The second-order valence-electron chi connectivity index (χ2n) is 5.43. The quantitative estimate of drug-likeness (QED) is 0.459. The Morgan fingerprint density at radius 1 is 0.962 bits per heavy atom. The zero-order chi connectivity index (χ0) is 18.4. The number of anilines is 1. The summed E-state index contributed by atoms with van der Waals surface area (Å²) in [6.45, 7) is 0. The van der Waals surface area contributed by atoms with Crippen LogP contribution >= 0.6 is 23.5 Å². The van der Waals surface area contributed by atoms with E-state index in [4.69, 9.17) is 0 Å². The highest BCUT2D eigenvalue weighted by Gasteiger charge is 2.25. The van der Waals surface area contributed by atoms with Crippen LogP contribution in [0, 0.1) is 5.82 Å². The lowest BCUT2D eigenvalue weighted by Crippen LogP contribution is -2.20. The summed E-state index contributed by atoms with van der Waals surface area (Å²) in [6.07, 6.45) is 2.95. The van der Waals surface area contributed by atoms with Gasteiger partial charge >= 0.3 is 0 Å². The highest BCUT2D eigenvalue weighted by Crippen LogP contribution is 2.39. The number of amides is 1. The Hall–Kier alpha value is -2.31. The third-order valence-corrected chi connectivity index (χ3v) is 6.27. The number of rotatable bonds is 5. The maximum atomic E-state index is 13.0. The lowest BCUT2D eigenvalue weighted by Gasteiger charge is -2.09. The normalized spacial score (nSPS) is 13.8. The van der Waals surface area contributed by atoms with Gasteiger partial charge in [-0.3, -0.25) is 9.59 Å². The van der Waals surface area contributed by atoms with Gasteiger partial charge in [0.05, 0.1) is 4.24 Å². The van der Waals surface area contributed by atoms with Crippen LogP contribution in [0.4, 0.5) is 10.1 Å². The Labute approximate surface area is 159 Å². The molecule has 1 saturated heterocycles. The lowest BCUT2D eigenvalue weighted by atomic mass is 10.1. The monoisotopic (exact) mass is 385 g/mol. The molecule has 0 saturated carbocycles. The molecule has 1 aliphatic heterocycles. The van der Waals surface area contributed by atoms with Gasteiger partial charge in [-0.2, -0.15) is 0 Å². The molecule has 2 aromatic rings. The number of carbonyl (C=O) groups is 2. The Balaban J connectivity index is 1.82. The fourth-order valence-electron chi connectivity index (χ4n) is 2.30. The summed E-state index contributed by atoms with van der Waals surface area (Å²) in [5.74, 6) is 0.632. The number of allylic oxidation sites excluding steroid dienone is 1. The number of para-hydroxylation sites is 1. The van der Waals surface area contributed by atoms with E-state index in [1.165, 1.54) is 41.7 Å². The van der Waals surface area contributed by atoms with E-state index in [0.717, 1.165) is 15.7 Å². The average molecular weight is 385 g/mol. The molecular weight excluding hydrogens is 369 g/mol. The van der Waals surface area contributed by atoms with Crippen LogP contribution in [0.2, 0.25) is 0 Å². The van der Waals surface area contributed by atoms with Crippen molar-refractivity contribution in [3.63, 3.8) is 0 Å². The third-order valence-electron chi connectivity index (χ3n) is 3.56. The second-order valence-corrected chi connectivity index (χ2v) is 7.90. The first-order chi connectivity index (χ1) is 12.6. The Kier molecular flexibility index (Phi) is 6.30. The zero-order valence-corrected chi connectivity index (χ0v) is 15.4. The number of hydrogen-bond acceptors (Lipinski definition) is 4. The van der Waals surface area contributed by atoms with Crippen molar-refractivity contribution in [2.24, 2.45) is 0 Å². The van der Waals surface area contributed by atoms with Gasteiger partial charge in [0.1, 0.15) is 11.4 Å². The Morgan fingerprint density at radius 3 is 2.27 bits per heavy atom. The van der Waals surface area contributed by atoms with Crippen LogP contribution in [0.15, 0.2) is 70.5 Å². The van der Waals surface area contributed by atoms with Crippen LogP contribution in [0.1, 0.15) is 5.56 Å².